The highest BCUT2D eigenvalue weighted by molar-refractivity contribution is 5.70. The smallest absolute Gasteiger partial charge is 0.307 e. The van der Waals surface area contributed by atoms with E-state index >= 15 is 0 Å². The van der Waals surface area contributed by atoms with Crippen molar-refractivity contribution < 1.29 is 9.90 Å². The van der Waals surface area contributed by atoms with Crippen LogP contribution in [0.3, 0.4) is 0 Å². The van der Waals surface area contributed by atoms with Gasteiger partial charge in [-0.05, 0) is 42.9 Å². The number of rotatable bonds is 3. The number of anilines is 1. The summed E-state index contributed by atoms with van der Waals surface area (Å²) in [5, 5.41) is 8.72. The number of carboxylic acids is 1. The summed E-state index contributed by atoms with van der Waals surface area (Å²) in [7, 11) is 0. The van der Waals surface area contributed by atoms with E-state index in [9.17, 15) is 4.79 Å². The maximum Gasteiger partial charge on any atom is 0.307 e. The Morgan fingerprint density at radius 2 is 2.06 bits per heavy atom. The third kappa shape index (κ3) is 2.02. The molecular formula is C14H17NO2. The maximum atomic E-state index is 10.6. The Morgan fingerprint density at radius 1 is 1.29 bits per heavy atom. The van der Waals surface area contributed by atoms with E-state index in [4.69, 9.17) is 5.11 Å². The summed E-state index contributed by atoms with van der Waals surface area (Å²) in [6.07, 6.45) is 4.17. The van der Waals surface area contributed by atoms with Crippen LogP contribution in [0.4, 0.5) is 5.69 Å². The Morgan fingerprint density at radius 3 is 2.59 bits per heavy atom. The van der Waals surface area contributed by atoms with E-state index in [0.717, 1.165) is 17.5 Å². The van der Waals surface area contributed by atoms with Crippen LogP contribution in [0.5, 0.6) is 0 Å². The van der Waals surface area contributed by atoms with Gasteiger partial charge in [0.05, 0.1) is 6.42 Å². The second-order valence-corrected chi connectivity index (χ2v) is 5.22. The summed E-state index contributed by atoms with van der Waals surface area (Å²) < 4.78 is 0. The lowest BCUT2D eigenvalue weighted by molar-refractivity contribution is -0.136. The Bertz CT molecular complexity index is 426. The number of hydrogen-bond acceptors (Lipinski definition) is 2. The number of nitrogens with zero attached hydrogens (tertiary/aromatic N) is 1. The Kier molecular flexibility index (Phi) is 2.54. The van der Waals surface area contributed by atoms with Gasteiger partial charge >= 0.3 is 5.97 Å². The summed E-state index contributed by atoms with van der Waals surface area (Å²) in [5.74, 6) is 0.122. The molecule has 0 radical (unpaired) electrons. The molecule has 1 aromatic rings. The predicted octanol–water partition coefficient (Wildman–Crippen LogP) is 2.30. The second kappa shape index (κ2) is 4.06. The molecule has 3 rings (SSSR count). The fourth-order valence-corrected chi connectivity index (χ4v) is 3.22. The van der Waals surface area contributed by atoms with Crippen LogP contribution in [0.25, 0.3) is 0 Å². The minimum Gasteiger partial charge on any atom is -0.481 e. The van der Waals surface area contributed by atoms with Crippen molar-refractivity contribution in [2.75, 3.05) is 11.4 Å². The summed E-state index contributed by atoms with van der Waals surface area (Å²) in [4.78, 5) is 13.1. The molecule has 1 saturated heterocycles. The lowest BCUT2D eigenvalue weighted by Crippen LogP contribution is -2.31. The highest BCUT2D eigenvalue weighted by atomic mass is 16.4. The number of fused-ring (bicyclic) bond motifs is 2. The fourth-order valence-electron chi connectivity index (χ4n) is 3.22. The van der Waals surface area contributed by atoms with Crippen LogP contribution >= 0.6 is 0 Å². The third-order valence-electron chi connectivity index (χ3n) is 4.03. The second-order valence-electron chi connectivity index (χ2n) is 5.22. The van der Waals surface area contributed by atoms with Crippen LogP contribution in [0.15, 0.2) is 24.3 Å². The number of carbonyl (C=O) groups is 1. The highest BCUT2D eigenvalue weighted by Crippen LogP contribution is 2.40. The SMILES string of the molecule is O=C(O)Cc1ccc(N2CC3CCC2C3)cc1. The zero-order valence-corrected chi connectivity index (χ0v) is 9.80. The maximum absolute atomic E-state index is 10.6. The van der Waals surface area contributed by atoms with Gasteiger partial charge in [-0.2, -0.15) is 0 Å². The Labute approximate surface area is 101 Å². The quantitative estimate of drug-likeness (QED) is 0.867. The summed E-state index contributed by atoms with van der Waals surface area (Å²) in [6.45, 7) is 1.18. The minimum atomic E-state index is -0.766. The topological polar surface area (TPSA) is 40.5 Å². The van der Waals surface area contributed by atoms with Gasteiger partial charge in [-0.25, -0.2) is 0 Å². The highest BCUT2D eigenvalue weighted by Gasteiger charge is 2.37. The molecule has 1 aliphatic carbocycles. The average molecular weight is 231 g/mol. The molecule has 3 heteroatoms. The van der Waals surface area contributed by atoms with Gasteiger partial charge in [0.25, 0.3) is 0 Å². The van der Waals surface area contributed by atoms with Crippen molar-refractivity contribution in [3.8, 4) is 0 Å². The van der Waals surface area contributed by atoms with E-state index in [0.29, 0.717) is 0 Å². The molecule has 2 bridgehead atoms. The number of benzene rings is 1. The first-order valence-corrected chi connectivity index (χ1v) is 6.30. The number of hydrogen-bond donors (Lipinski definition) is 1. The fraction of sp³-hybridized carbons (Fsp3) is 0.500. The van der Waals surface area contributed by atoms with Crippen LogP contribution < -0.4 is 4.90 Å². The van der Waals surface area contributed by atoms with Crippen LogP contribution in [0.2, 0.25) is 0 Å². The standard InChI is InChI=1S/C14H17NO2/c16-14(17)8-10-1-4-12(5-2-10)15-9-11-3-6-13(15)7-11/h1-2,4-5,11,13H,3,6-9H2,(H,16,17). The molecule has 1 saturated carbocycles. The molecular weight excluding hydrogens is 214 g/mol. The molecule has 2 atom stereocenters. The van der Waals surface area contributed by atoms with E-state index in [1.54, 1.807) is 0 Å². The minimum absolute atomic E-state index is 0.117. The molecule has 1 aliphatic heterocycles. The van der Waals surface area contributed by atoms with E-state index in [-0.39, 0.29) is 6.42 Å². The Hall–Kier alpha value is -1.51. The van der Waals surface area contributed by atoms with E-state index < -0.39 is 5.97 Å². The molecule has 0 amide bonds. The summed E-state index contributed by atoms with van der Waals surface area (Å²) in [6, 6.07) is 8.74. The van der Waals surface area contributed by atoms with Gasteiger partial charge < -0.3 is 10.0 Å². The van der Waals surface area contributed by atoms with Crippen LogP contribution in [0.1, 0.15) is 24.8 Å². The van der Waals surface area contributed by atoms with Crippen LogP contribution in [-0.4, -0.2) is 23.7 Å². The molecule has 3 nitrogen and oxygen atoms in total. The van der Waals surface area contributed by atoms with E-state index in [1.807, 2.05) is 12.1 Å². The van der Waals surface area contributed by atoms with Crippen molar-refractivity contribution in [3.05, 3.63) is 29.8 Å². The molecule has 2 fully saturated rings. The van der Waals surface area contributed by atoms with Crippen molar-refractivity contribution in [3.63, 3.8) is 0 Å². The van der Waals surface area contributed by atoms with Crippen molar-refractivity contribution in [2.45, 2.75) is 31.7 Å². The molecule has 1 heterocycles. The molecule has 90 valence electrons. The third-order valence-corrected chi connectivity index (χ3v) is 4.03. The zero-order valence-electron chi connectivity index (χ0n) is 9.80. The molecule has 0 spiro atoms. The number of piperidine rings is 1. The lowest BCUT2D eigenvalue weighted by atomic mass is 10.1. The first-order valence-electron chi connectivity index (χ1n) is 6.30. The summed E-state index contributed by atoms with van der Waals surface area (Å²) >= 11 is 0. The molecule has 1 N–H and O–H groups in total. The monoisotopic (exact) mass is 231 g/mol. The van der Waals surface area contributed by atoms with E-state index in [1.165, 1.54) is 31.5 Å². The van der Waals surface area contributed by atoms with Gasteiger partial charge in [0.2, 0.25) is 0 Å². The van der Waals surface area contributed by atoms with Crippen molar-refractivity contribution in [1.82, 2.24) is 0 Å². The number of aliphatic carboxylic acids is 1. The van der Waals surface area contributed by atoms with Crippen molar-refractivity contribution in [2.24, 2.45) is 5.92 Å². The number of carboxylic acid groups (broad SMARTS) is 1. The average Bonchev–Trinajstić information content (AvgIpc) is 2.91. The first-order chi connectivity index (χ1) is 8.22. The van der Waals surface area contributed by atoms with Gasteiger partial charge in [-0.15, -0.1) is 0 Å². The predicted molar refractivity (Wildman–Crippen MR) is 66.3 cm³/mol. The van der Waals surface area contributed by atoms with Crippen molar-refractivity contribution in [1.29, 1.82) is 0 Å². The zero-order chi connectivity index (χ0) is 11.8. The molecule has 17 heavy (non-hydrogen) atoms. The van der Waals surface area contributed by atoms with Crippen molar-refractivity contribution >= 4 is 11.7 Å². The Balaban J connectivity index is 1.74. The summed E-state index contributed by atoms with van der Waals surface area (Å²) in [5.41, 5.74) is 2.14. The van der Waals surface area contributed by atoms with Crippen LogP contribution in [0, 0.1) is 5.92 Å². The van der Waals surface area contributed by atoms with Gasteiger partial charge in [0.15, 0.2) is 0 Å². The van der Waals surface area contributed by atoms with E-state index in [2.05, 4.69) is 17.0 Å². The van der Waals surface area contributed by atoms with Gasteiger partial charge in [-0.1, -0.05) is 12.1 Å². The van der Waals surface area contributed by atoms with Gasteiger partial charge in [-0.3, -0.25) is 4.79 Å². The molecule has 0 aromatic heterocycles. The molecule has 2 aliphatic rings. The normalized spacial score (nSPS) is 26.5. The van der Waals surface area contributed by atoms with Gasteiger partial charge in [0.1, 0.15) is 0 Å². The molecule has 1 aromatic carbocycles. The van der Waals surface area contributed by atoms with Crippen LogP contribution in [-0.2, 0) is 11.2 Å². The first kappa shape index (κ1) is 10.6. The van der Waals surface area contributed by atoms with Gasteiger partial charge in [0, 0.05) is 18.3 Å². The largest absolute Gasteiger partial charge is 0.481 e. The molecule has 2 unspecified atom stereocenters. The lowest BCUT2D eigenvalue weighted by Gasteiger charge is -2.29.